The zero-order valence-corrected chi connectivity index (χ0v) is 13.1. The van der Waals surface area contributed by atoms with Gasteiger partial charge in [0, 0.05) is 17.6 Å². The van der Waals surface area contributed by atoms with Crippen LogP contribution in [0, 0.1) is 6.92 Å². The smallest absolute Gasteiger partial charge is 0.347 e. The number of hydrogen-bond donors (Lipinski definition) is 1. The summed E-state index contributed by atoms with van der Waals surface area (Å²) in [6.45, 7) is 4.12. The van der Waals surface area contributed by atoms with E-state index in [0.717, 1.165) is 29.9 Å². The molecule has 3 aromatic rings. The number of halogens is 3. The van der Waals surface area contributed by atoms with Gasteiger partial charge in [0.25, 0.3) is 0 Å². The van der Waals surface area contributed by atoms with Crippen LogP contribution in [0.1, 0.15) is 29.7 Å². The Morgan fingerprint density at radius 2 is 1.96 bits per heavy atom. The number of fused-ring (bicyclic) bond motifs is 1. The molecule has 6 nitrogen and oxygen atoms in total. The minimum Gasteiger partial charge on any atom is -0.347 e. The third-order valence-corrected chi connectivity index (χ3v) is 3.48. The molecule has 24 heavy (non-hydrogen) atoms. The normalized spacial score (nSPS) is 11.9. The van der Waals surface area contributed by atoms with Crippen LogP contribution in [0.3, 0.4) is 0 Å². The van der Waals surface area contributed by atoms with Gasteiger partial charge in [-0.25, -0.2) is 9.97 Å². The summed E-state index contributed by atoms with van der Waals surface area (Å²) in [4.78, 5) is 8.63. The lowest BCUT2D eigenvalue weighted by molar-refractivity contribution is -0.137. The number of nitrogens with zero attached hydrogens (tertiary/aromatic N) is 5. The van der Waals surface area contributed by atoms with Crippen molar-refractivity contribution in [2.75, 3.05) is 5.32 Å². The van der Waals surface area contributed by atoms with Crippen molar-refractivity contribution in [2.24, 2.45) is 0 Å². The molecular weight excluding hydrogens is 321 g/mol. The molecule has 1 N–H and O–H groups in total. The molecule has 0 unspecified atom stereocenters. The number of hydrogen-bond acceptors (Lipinski definition) is 5. The first-order valence-electron chi connectivity index (χ1n) is 7.36. The molecule has 9 heteroatoms. The molecule has 0 spiro atoms. The van der Waals surface area contributed by atoms with E-state index in [2.05, 4.69) is 25.5 Å². The van der Waals surface area contributed by atoms with E-state index in [4.69, 9.17) is 0 Å². The molecule has 0 aromatic carbocycles. The van der Waals surface area contributed by atoms with Crippen LogP contribution in [0.25, 0.3) is 5.65 Å². The average molecular weight is 336 g/mol. The van der Waals surface area contributed by atoms with Crippen LogP contribution in [0.4, 0.5) is 19.1 Å². The number of aryl methyl sites for hydroxylation is 2. The van der Waals surface area contributed by atoms with Gasteiger partial charge in [-0.1, -0.05) is 6.92 Å². The molecular formula is C15H15F3N6. The minimum absolute atomic E-state index is 0.140. The molecule has 0 aliphatic carbocycles. The second-order valence-corrected chi connectivity index (χ2v) is 5.29. The van der Waals surface area contributed by atoms with Crippen LogP contribution in [0.15, 0.2) is 24.4 Å². The summed E-state index contributed by atoms with van der Waals surface area (Å²) >= 11 is 0. The second-order valence-electron chi connectivity index (χ2n) is 5.29. The third-order valence-electron chi connectivity index (χ3n) is 3.48. The van der Waals surface area contributed by atoms with Crippen molar-refractivity contribution in [3.05, 3.63) is 47.2 Å². The van der Waals surface area contributed by atoms with Crippen molar-refractivity contribution in [1.29, 1.82) is 0 Å². The highest BCUT2D eigenvalue weighted by molar-refractivity contribution is 5.42. The molecule has 3 aromatic heterocycles. The summed E-state index contributed by atoms with van der Waals surface area (Å²) < 4.78 is 39.6. The van der Waals surface area contributed by atoms with E-state index in [0.29, 0.717) is 11.8 Å². The van der Waals surface area contributed by atoms with Crippen molar-refractivity contribution in [1.82, 2.24) is 24.6 Å². The number of pyridine rings is 1. The molecule has 0 saturated carbocycles. The lowest BCUT2D eigenvalue weighted by atomic mass is 10.2. The van der Waals surface area contributed by atoms with Crippen LogP contribution >= 0.6 is 0 Å². The van der Waals surface area contributed by atoms with Gasteiger partial charge >= 0.3 is 6.18 Å². The van der Waals surface area contributed by atoms with Crippen LogP contribution in [-0.2, 0) is 19.1 Å². The first-order chi connectivity index (χ1) is 11.4. The van der Waals surface area contributed by atoms with Crippen molar-refractivity contribution in [3.63, 3.8) is 0 Å². The van der Waals surface area contributed by atoms with E-state index < -0.39 is 11.7 Å². The monoisotopic (exact) mass is 336 g/mol. The van der Waals surface area contributed by atoms with Gasteiger partial charge in [-0.3, -0.25) is 4.40 Å². The van der Waals surface area contributed by atoms with Gasteiger partial charge in [0.05, 0.1) is 12.1 Å². The Labute approximate surface area is 135 Å². The van der Waals surface area contributed by atoms with E-state index in [1.54, 1.807) is 0 Å². The fraction of sp³-hybridized carbons (Fsp3) is 0.333. The van der Waals surface area contributed by atoms with Gasteiger partial charge in [0.2, 0.25) is 5.95 Å². The van der Waals surface area contributed by atoms with Gasteiger partial charge in [0.1, 0.15) is 0 Å². The Morgan fingerprint density at radius 1 is 1.17 bits per heavy atom. The Kier molecular flexibility index (Phi) is 4.08. The van der Waals surface area contributed by atoms with Crippen LogP contribution < -0.4 is 5.32 Å². The fourth-order valence-electron chi connectivity index (χ4n) is 2.29. The highest BCUT2D eigenvalue weighted by atomic mass is 19.4. The van der Waals surface area contributed by atoms with Gasteiger partial charge in [-0.15, -0.1) is 10.2 Å². The van der Waals surface area contributed by atoms with Crippen LogP contribution in [-0.4, -0.2) is 24.6 Å². The Bertz CT molecular complexity index is 871. The van der Waals surface area contributed by atoms with E-state index in [9.17, 15) is 13.2 Å². The lowest BCUT2D eigenvalue weighted by Gasteiger charge is -2.08. The predicted molar refractivity (Wildman–Crippen MR) is 81.5 cm³/mol. The summed E-state index contributed by atoms with van der Waals surface area (Å²) in [6.07, 6.45) is -2.31. The summed E-state index contributed by atoms with van der Waals surface area (Å²) in [5.74, 6) is 0.928. The molecule has 0 radical (unpaired) electrons. The number of aromatic nitrogens is 5. The Balaban J connectivity index is 1.82. The van der Waals surface area contributed by atoms with Crippen molar-refractivity contribution in [3.8, 4) is 0 Å². The zero-order valence-electron chi connectivity index (χ0n) is 13.1. The van der Waals surface area contributed by atoms with Crippen molar-refractivity contribution < 1.29 is 13.2 Å². The summed E-state index contributed by atoms with van der Waals surface area (Å²) in [7, 11) is 0. The lowest BCUT2D eigenvalue weighted by Crippen LogP contribution is -2.09. The third kappa shape index (κ3) is 3.29. The average Bonchev–Trinajstić information content (AvgIpc) is 2.94. The number of anilines is 1. The SMILES string of the molecule is CCc1cc(C)nc(NCc2nnc3cc(C(F)(F)F)ccn23)n1. The summed E-state index contributed by atoms with van der Waals surface area (Å²) in [5.41, 5.74) is 1.13. The zero-order chi connectivity index (χ0) is 17.3. The maximum absolute atomic E-state index is 12.7. The van der Waals surface area contributed by atoms with Gasteiger partial charge in [0.15, 0.2) is 11.5 Å². The highest BCUT2D eigenvalue weighted by Crippen LogP contribution is 2.29. The number of alkyl halides is 3. The molecule has 0 aliphatic rings. The van der Waals surface area contributed by atoms with Crippen LogP contribution in [0.2, 0.25) is 0 Å². The maximum atomic E-state index is 12.7. The predicted octanol–water partition coefficient (Wildman–Crippen LogP) is 3.02. The molecule has 0 amide bonds. The van der Waals surface area contributed by atoms with E-state index in [1.807, 2.05) is 19.9 Å². The number of nitrogens with one attached hydrogen (secondary N) is 1. The largest absolute Gasteiger partial charge is 0.416 e. The summed E-state index contributed by atoms with van der Waals surface area (Å²) in [6, 6.07) is 3.86. The van der Waals surface area contributed by atoms with Gasteiger partial charge in [-0.05, 0) is 31.5 Å². The number of rotatable bonds is 4. The Hall–Kier alpha value is -2.71. The van der Waals surface area contributed by atoms with Gasteiger partial charge in [-0.2, -0.15) is 13.2 Å². The molecule has 0 fully saturated rings. The van der Waals surface area contributed by atoms with Crippen LogP contribution in [0.5, 0.6) is 0 Å². The van der Waals surface area contributed by atoms with Crippen molar-refractivity contribution >= 4 is 11.6 Å². The minimum atomic E-state index is -4.40. The first-order valence-corrected chi connectivity index (χ1v) is 7.36. The molecule has 3 rings (SSSR count). The highest BCUT2D eigenvalue weighted by Gasteiger charge is 2.31. The van der Waals surface area contributed by atoms with Crippen molar-refractivity contribution in [2.45, 2.75) is 33.0 Å². The molecule has 0 saturated heterocycles. The van der Waals surface area contributed by atoms with E-state index >= 15 is 0 Å². The molecule has 126 valence electrons. The molecule has 0 atom stereocenters. The molecule has 0 bridgehead atoms. The standard InChI is InChI=1S/C15H15F3N6/c1-3-11-6-9(2)20-14(21-11)19-8-13-23-22-12-7-10(15(16,17)18)4-5-24(12)13/h4-7H,3,8H2,1-2H3,(H,19,20,21). The van der Waals surface area contributed by atoms with E-state index in [1.165, 1.54) is 10.6 Å². The Morgan fingerprint density at radius 3 is 2.67 bits per heavy atom. The topological polar surface area (TPSA) is 68.0 Å². The fourth-order valence-corrected chi connectivity index (χ4v) is 2.29. The molecule has 3 heterocycles. The quantitative estimate of drug-likeness (QED) is 0.793. The molecule has 0 aliphatic heterocycles. The maximum Gasteiger partial charge on any atom is 0.416 e. The second kappa shape index (κ2) is 6.06. The van der Waals surface area contributed by atoms with E-state index in [-0.39, 0.29) is 12.2 Å². The first kappa shape index (κ1) is 16.2. The summed E-state index contributed by atoms with van der Waals surface area (Å²) in [5, 5.41) is 10.7. The van der Waals surface area contributed by atoms with Gasteiger partial charge < -0.3 is 5.32 Å².